The van der Waals surface area contributed by atoms with E-state index < -0.39 is 10.0 Å². The highest BCUT2D eigenvalue weighted by Crippen LogP contribution is 2.37. The van der Waals surface area contributed by atoms with Gasteiger partial charge in [0.05, 0.1) is 17.0 Å². The van der Waals surface area contributed by atoms with Crippen molar-refractivity contribution in [3.63, 3.8) is 0 Å². The summed E-state index contributed by atoms with van der Waals surface area (Å²) in [6, 6.07) is 15.8. The molecular weight excluding hydrogens is 396 g/mol. The highest BCUT2D eigenvalue weighted by Gasteiger charge is 2.41. The molecule has 2 atom stereocenters. The average Bonchev–Trinajstić information content (AvgIpc) is 2.91. The van der Waals surface area contributed by atoms with E-state index in [1.807, 2.05) is 6.07 Å². The van der Waals surface area contributed by atoms with Crippen LogP contribution in [0.4, 0.5) is 0 Å². The molecule has 0 aromatic heterocycles. The van der Waals surface area contributed by atoms with Gasteiger partial charge in [-0.25, -0.2) is 13.1 Å². The number of hydrogen-bond acceptors (Lipinski definition) is 4. The van der Waals surface area contributed by atoms with Gasteiger partial charge >= 0.3 is 0 Å². The Kier molecular flexibility index (Phi) is 5.65. The van der Waals surface area contributed by atoms with Crippen LogP contribution in [0.3, 0.4) is 0 Å². The van der Waals surface area contributed by atoms with Crippen molar-refractivity contribution in [3.05, 3.63) is 59.1 Å². The van der Waals surface area contributed by atoms with Crippen LogP contribution in [-0.4, -0.2) is 38.6 Å². The first-order valence-corrected chi connectivity index (χ1v) is 11.5. The van der Waals surface area contributed by atoms with E-state index in [1.165, 1.54) is 24.8 Å². The lowest BCUT2D eigenvalue weighted by Crippen LogP contribution is -2.49. The number of fused-ring (bicyclic) bond motifs is 2. The summed E-state index contributed by atoms with van der Waals surface area (Å²) >= 11 is 6.11. The Morgan fingerprint density at radius 1 is 1.11 bits per heavy atom. The minimum absolute atomic E-state index is 0.0459. The molecule has 2 fully saturated rings. The van der Waals surface area contributed by atoms with Crippen molar-refractivity contribution in [2.75, 3.05) is 7.11 Å². The molecule has 0 amide bonds. The SMILES string of the molecule is COc1ccc(S(=O)(=O)NC2CC3CCC(C2)N3Cc2ccccc2)cc1Cl. The van der Waals surface area contributed by atoms with E-state index in [9.17, 15) is 8.42 Å². The fourth-order valence-corrected chi connectivity index (χ4v) is 6.13. The Morgan fingerprint density at radius 2 is 1.79 bits per heavy atom. The predicted octanol–water partition coefficient (Wildman–Crippen LogP) is 3.82. The molecule has 0 radical (unpaired) electrons. The molecule has 0 saturated carbocycles. The molecular formula is C21H25ClN2O3S. The first kappa shape index (κ1) is 19.7. The predicted molar refractivity (Wildman–Crippen MR) is 110 cm³/mol. The molecule has 2 aliphatic rings. The Hall–Kier alpha value is -1.60. The van der Waals surface area contributed by atoms with Crippen LogP contribution < -0.4 is 9.46 Å². The van der Waals surface area contributed by atoms with Crippen molar-refractivity contribution in [2.24, 2.45) is 0 Å². The fraction of sp³-hybridized carbons (Fsp3) is 0.429. The summed E-state index contributed by atoms with van der Waals surface area (Å²) in [5, 5.41) is 0.295. The number of piperidine rings is 1. The zero-order valence-corrected chi connectivity index (χ0v) is 17.4. The Bertz CT molecular complexity index is 922. The van der Waals surface area contributed by atoms with E-state index in [0.29, 0.717) is 22.9 Å². The third-order valence-electron chi connectivity index (χ3n) is 5.85. The van der Waals surface area contributed by atoms with E-state index in [0.717, 1.165) is 32.2 Å². The topological polar surface area (TPSA) is 58.6 Å². The van der Waals surface area contributed by atoms with Gasteiger partial charge in [-0.15, -0.1) is 0 Å². The van der Waals surface area contributed by atoms with E-state index in [4.69, 9.17) is 16.3 Å². The monoisotopic (exact) mass is 420 g/mol. The molecule has 2 unspecified atom stereocenters. The van der Waals surface area contributed by atoms with E-state index in [1.54, 1.807) is 6.07 Å². The number of halogens is 1. The second kappa shape index (κ2) is 8.03. The Labute approximate surface area is 171 Å². The molecule has 1 N–H and O–H groups in total. The number of benzene rings is 2. The van der Waals surface area contributed by atoms with Crippen molar-refractivity contribution in [1.82, 2.24) is 9.62 Å². The second-order valence-electron chi connectivity index (χ2n) is 7.63. The summed E-state index contributed by atoms with van der Waals surface area (Å²) in [6.45, 7) is 0.934. The minimum Gasteiger partial charge on any atom is -0.495 e. The first-order chi connectivity index (χ1) is 13.5. The van der Waals surface area contributed by atoms with Crippen molar-refractivity contribution >= 4 is 21.6 Å². The van der Waals surface area contributed by atoms with Crippen LogP contribution in [0.5, 0.6) is 5.75 Å². The number of methoxy groups -OCH3 is 1. The quantitative estimate of drug-likeness (QED) is 0.771. The van der Waals surface area contributed by atoms with Gasteiger partial charge in [0.2, 0.25) is 10.0 Å². The van der Waals surface area contributed by atoms with Crippen LogP contribution >= 0.6 is 11.6 Å². The maximum Gasteiger partial charge on any atom is 0.240 e. The molecule has 0 aliphatic carbocycles. The summed E-state index contributed by atoms with van der Waals surface area (Å²) in [5.41, 5.74) is 1.31. The summed E-state index contributed by atoms with van der Waals surface area (Å²) in [5.74, 6) is 0.466. The number of nitrogens with zero attached hydrogens (tertiary/aromatic N) is 1. The van der Waals surface area contributed by atoms with E-state index >= 15 is 0 Å². The van der Waals surface area contributed by atoms with Gasteiger partial charge in [-0.1, -0.05) is 41.9 Å². The van der Waals surface area contributed by atoms with Crippen molar-refractivity contribution < 1.29 is 13.2 Å². The van der Waals surface area contributed by atoms with Gasteiger partial charge in [-0.2, -0.15) is 0 Å². The average molecular weight is 421 g/mol. The van der Waals surface area contributed by atoms with Crippen molar-refractivity contribution in [2.45, 2.75) is 55.2 Å². The maximum absolute atomic E-state index is 12.8. The molecule has 2 bridgehead atoms. The summed E-state index contributed by atoms with van der Waals surface area (Å²) < 4.78 is 33.7. The fourth-order valence-electron chi connectivity index (χ4n) is 4.52. The van der Waals surface area contributed by atoms with Gasteiger partial charge in [-0.3, -0.25) is 4.90 Å². The van der Waals surface area contributed by atoms with Crippen LogP contribution in [0.25, 0.3) is 0 Å². The van der Waals surface area contributed by atoms with Gasteiger partial charge in [0.1, 0.15) is 5.75 Å². The zero-order valence-electron chi connectivity index (χ0n) is 15.8. The highest BCUT2D eigenvalue weighted by molar-refractivity contribution is 7.89. The summed E-state index contributed by atoms with van der Waals surface area (Å²) in [7, 11) is -2.10. The van der Waals surface area contributed by atoms with Gasteiger partial charge < -0.3 is 4.74 Å². The minimum atomic E-state index is -3.61. The lowest BCUT2D eigenvalue weighted by atomic mass is 9.97. The smallest absolute Gasteiger partial charge is 0.240 e. The highest BCUT2D eigenvalue weighted by atomic mass is 35.5. The third kappa shape index (κ3) is 4.06. The summed E-state index contributed by atoms with van der Waals surface area (Å²) in [6.07, 6.45) is 3.94. The zero-order chi connectivity index (χ0) is 19.7. The molecule has 150 valence electrons. The number of ether oxygens (including phenoxy) is 1. The normalized spacial score (nSPS) is 25.0. The molecule has 4 rings (SSSR count). The first-order valence-electron chi connectivity index (χ1n) is 9.62. The second-order valence-corrected chi connectivity index (χ2v) is 9.75. The number of hydrogen-bond donors (Lipinski definition) is 1. The third-order valence-corrected chi connectivity index (χ3v) is 7.66. The summed E-state index contributed by atoms with van der Waals surface area (Å²) in [4.78, 5) is 2.72. The van der Waals surface area contributed by atoms with Gasteiger partial charge in [-0.05, 0) is 49.4 Å². The van der Waals surface area contributed by atoms with Crippen LogP contribution in [-0.2, 0) is 16.6 Å². The van der Waals surface area contributed by atoms with E-state index in [2.05, 4.69) is 33.9 Å². The number of sulfonamides is 1. The molecule has 2 aliphatic heterocycles. The van der Waals surface area contributed by atoms with Crippen LogP contribution in [0, 0.1) is 0 Å². The maximum atomic E-state index is 12.8. The van der Waals surface area contributed by atoms with Gasteiger partial charge in [0.15, 0.2) is 0 Å². The Balaban J connectivity index is 1.44. The molecule has 2 aromatic carbocycles. The molecule has 2 aromatic rings. The van der Waals surface area contributed by atoms with Crippen LogP contribution in [0.1, 0.15) is 31.2 Å². The molecule has 0 spiro atoms. The van der Waals surface area contributed by atoms with E-state index in [-0.39, 0.29) is 10.9 Å². The van der Waals surface area contributed by atoms with Gasteiger partial charge in [0, 0.05) is 24.7 Å². The van der Waals surface area contributed by atoms with Crippen molar-refractivity contribution in [3.8, 4) is 5.75 Å². The largest absolute Gasteiger partial charge is 0.495 e. The van der Waals surface area contributed by atoms with Crippen LogP contribution in [0.2, 0.25) is 5.02 Å². The molecule has 7 heteroatoms. The lowest BCUT2D eigenvalue weighted by molar-refractivity contribution is 0.115. The molecule has 2 heterocycles. The van der Waals surface area contributed by atoms with Gasteiger partial charge in [0.25, 0.3) is 0 Å². The molecule has 28 heavy (non-hydrogen) atoms. The standard InChI is InChI=1S/C21H25ClN2O3S/c1-27-21-10-9-19(13-20(21)22)28(25,26)23-16-11-17-7-8-18(12-16)24(17)14-15-5-3-2-4-6-15/h2-6,9-10,13,16-18,23H,7-8,11-12,14H2,1H3. The molecule has 2 saturated heterocycles. The lowest BCUT2D eigenvalue weighted by Gasteiger charge is -2.39. The number of rotatable bonds is 6. The molecule has 5 nitrogen and oxygen atoms in total. The van der Waals surface area contributed by atoms with Crippen molar-refractivity contribution in [1.29, 1.82) is 0 Å². The Morgan fingerprint density at radius 3 is 2.39 bits per heavy atom. The number of nitrogens with one attached hydrogen (secondary N) is 1. The van der Waals surface area contributed by atoms with Crippen LogP contribution in [0.15, 0.2) is 53.4 Å².